The SMILES string of the molecule is COc1c2c3c4c(O)c(c5c6c4c1CCC6=C[C@@H]1CCC[C@@H]51)C(=O)CN1Cc4c(cccc4C1=O)CC#CO[C@H]1[C@H](O)[C@@H](CO[C@@H](c4c[nH]c5cc6c7c(c45)CC[C@H]4C5(CCCC5)CC[C@]45C[C@@H]4CCC[C@]4(O)C[C@]75CC6)/C=C/2)O[C@H](O3)[C@@]1(O)CO. The molecule has 86 heavy (non-hydrogen) atoms. The fourth-order valence-electron chi connectivity index (χ4n) is 22.1. The van der Waals surface area contributed by atoms with Crippen LogP contribution in [0, 0.1) is 40.6 Å². The topological polar surface area (TPSA) is 200 Å². The Hall–Kier alpha value is -6.18. The number of carbonyl (C=O) groups is 2. The number of carbonyl (C=O) groups excluding carboxylic acids is 2. The molecule has 0 radical (unpaired) electrons. The number of aryl methyl sites for hydroxylation is 3. The van der Waals surface area contributed by atoms with Crippen LogP contribution in [0.2, 0.25) is 0 Å². The number of amides is 1. The van der Waals surface area contributed by atoms with Gasteiger partial charge in [-0.05, 0) is 200 Å². The molecule has 4 aromatic carbocycles. The maximum Gasteiger partial charge on any atom is 0.254 e. The van der Waals surface area contributed by atoms with E-state index in [9.17, 15) is 30.3 Å². The molecular formula is C72H76N2O12. The minimum absolute atomic E-state index is 0.0392. The van der Waals surface area contributed by atoms with Gasteiger partial charge in [-0.1, -0.05) is 55.9 Å². The molecule has 8 bridgehead atoms. The number of nitrogens with one attached hydrogen (secondary N) is 1. The zero-order valence-corrected chi connectivity index (χ0v) is 49.0. The second-order valence-electron chi connectivity index (χ2n) is 28.8. The van der Waals surface area contributed by atoms with Crippen molar-refractivity contribution in [2.45, 2.75) is 195 Å². The quantitative estimate of drug-likeness (QED) is 0.0936. The Morgan fingerprint density at radius 3 is 2.63 bits per heavy atom. The number of rotatable bonds is 3. The number of ether oxygens (including phenoxy) is 5. The number of hydrogen-bond acceptors (Lipinski definition) is 12. The van der Waals surface area contributed by atoms with Crippen LogP contribution in [-0.4, -0.2) is 110 Å². The van der Waals surface area contributed by atoms with Crippen molar-refractivity contribution in [3.8, 4) is 29.3 Å². The van der Waals surface area contributed by atoms with Gasteiger partial charge in [0.1, 0.15) is 41.7 Å². The summed E-state index contributed by atoms with van der Waals surface area (Å²) in [6.45, 7) is -1.32. The van der Waals surface area contributed by atoms with Crippen molar-refractivity contribution in [3.63, 3.8) is 0 Å². The normalized spacial score (nSPS) is 36.8. The summed E-state index contributed by atoms with van der Waals surface area (Å²) in [6.07, 6.45) is 25.0. The van der Waals surface area contributed by atoms with Crippen molar-refractivity contribution in [1.29, 1.82) is 0 Å². The number of benzene rings is 4. The third-order valence-electron chi connectivity index (χ3n) is 25.5. The van der Waals surface area contributed by atoms with Gasteiger partial charge in [0, 0.05) is 57.6 Å². The number of methoxy groups -OCH3 is 1. The van der Waals surface area contributed by atoms with Crippen LogP contribution in [0.15, 0.2) is 42.6 Å². The molecule has 5 saturated carbocycles. The van der Waals surface area contributed by atoms with Crippen molar-refractivity contribution in [1.82, 2.24) is 9.88 Å². The van der Waals surface area contributed by atoms with Gasteiger partial charge in [-0.15, -0.1) is 0 Å². The molecule has 1 amide bonds. The summed E-state index contributed by atoms with van der Waals surface area (Å²) in [5.41, 5.74) is 9.47. The molecule has 5 aromatic rings. The van der Waals surface area contributed by atoms with Crippen LogP contribution in [0.5, 0.6) is 17.2 Å². The highest BCUT2D eigenvalue weighted by atomic mass is 16.7. The number of aliphatic hydroxyl groups excluding tert-OH is 2. The van der Waals surface area contributed by atoms with Crippen molar-refractivity contribution in [2.24, 2.45) is 28.6 Å². The molecule has 6 fully saturated rings. The number of nitrogens with zero attached hydrogens (tertiary/aromatic N) is 1. The lowest BCUT2D eigenvalue weighted by atomic mass is 9.44. The Morgan fingerprint density at radius 1 is 0.884 bits per heavy atom. The first-order valence-electron chi connectivity index (χ1n) is 32.6. The van der Waals surface area contributed by atoms with Crippen LogP contribution in [0.4, 0.5) is 0 Å². The summed E-state index contributed by atoms with van der Waals surface area (Å²) < 4.78 is 34.1. The molecule has 18 rings (SSSR count). The summed E-state index contributed by atoms with van der Waals surface area (Å²) >= 11 is 0. The molecule has 446 valence electrons. The molecule has 13 aliphatic rings. The number of H-pyrrole nitrogens is 1. The number of aromatic amines is 1. The number of phenols is 1. The maximum atomic E-state index is 15.7. The van der Waals surface area contributed by atoms with Gasteiger partial charge in [0.05, 0.1) is 49.0 Å². The van der Waals surface area contributed by atoms with Crippen LogP contribution in [0.25, 0.3) is 33.3 Å². The smallest absolute Gasteiger partial charge is 0.254 e. The number of fused-ring (bicyclic) bond motifs is 11. The molecule has 6 N–H and O–H groups in total. The Balaban J connectivity index is 0.869. The van der Waals surface area contributed by atoms with Gasteiger partial charge in [-0.3, -0.25) is 9.59 Å². The van der Waals surface area contributed by atoms with E-state index < -0.39 is 54.3 Å². The molecular weight excluding hydrogens is 1080 g/mol. The summed E-state index contributed by atoms with van der Waals surface area (Å²) in [5.74, 6) is 3.63. The molecule has 4 aliphatic heterocycles. The second-order valence-corrected chi connectivity index (χ2v) is 28.8. The average Bonchev–Trinajstić information content (AvgIpc) is 1.45. The van der Waals surface area contributed by atoms with E-state index in [1.807, 2.05) is 18.2 Å². The molecule has 1 aromatic heterocycles. The third-order valence-corrected chi connectivity index (χ3v) is 25.5. The largest absolute Gasteiger partial charge is 0.506 e. The van der Waals surface area contributed by atoms with E-state index in [1.165, 1.54) is 55.2 Å². The van der Waals surface area contributed by atoms with Gasteiger partial charge in [0.2, 0.25) is 6.29 Å². The first kappa shape index (κ1) is 52.9. The minimum atomic E-state index is -2.48. The lowest BCUT2D eigenvalue weighted by Gasteiger charge is -2.61. The number of aromatic nitrogens is 1. The molecule has 9 aliphatic carbocycles. The number of Topliss-reactive ketones (excluding diaryl/α,β-unsaturated/α-hetero) is 1. The highest BCUT2D eigenvalue weighted by Gasteiger charge is 2.72. The minimum Gasteiger partial charge on any atom is -0.506 e. The van der Waals surface area contributed by atoms with E-state index in [0.717, 1.165) is 127 Å². The van der Waals surface area contributed by atoms with Gasteiger partial charge in [-0.25, -0.2) is 0 Å². The van der Waals surface area contributed by atoms with Gasteiger partial charge in [0.25, 0.3) is 5.91 Å². The molecule has 14 nitrogen and oxygen atoms in total. The molecule has 14 heteroatoms. The van der Waals surface area contributed by atoms with E-state index in [4.69, 9.17) is 23.7 Å². The van der Waals surface area contributed by atoms with E-state index in [-0.39, 0.29) is 77.1 Å². The highest BCUT2D eigenvalue weighted by Crippen LogP contribution is 2.78. The number of phenolic OH excluding ortho intramolecular Hbond substituents is 1. The Morgan fingerprint density at radius 2 is 1.77 bits per heavy atom. The Kier molecular flexibility index (Phi) is 11.4. The van der Waals surface area contributed by atoms with Gasteiger partial charge in [0.15, 0.2) is 17.5 Å². The predicted molar refractivity (Wildman–Crippen MR) is 320 cm³/mol. The number of aromatic hydroxyl groups is 1. The van der Waals surface area contributed by atoms with E-state index in [0.29, 0.717) is 52.4 Å². The van der Waals surface area contributed by atoms with Crippen LogP contribution >= 0.6 is 0 Å². The van der Waals surface area contributed by atoms with Crippen LogP contribution in [0.1, 0.15) is 198 Å². The maximum absolute atomic E-state index is 15.7. The fraction of sp³-hybridized carbons (Fsp3) is 0.556. The van der Waals surface area contributed by atoms with Gasteiger partial charge < -0.3 is 59.1 Å². The highest BCUT2D eigenvalue weighted by molar-refractivity contribution is 6.17. The van der Waals surface area contributed by atoms with Crippen LogP contribution in [0.3, 0.4) is 0 Å². The molecule has 3 spiro atoms. The van der Waals surface area contributed by atoms with Gasteiger partial charge >= 0.3 is 0 Å². The Labute approximate surface area is 500 Å². The zero-order chi connectivity index (χ0) is 58.0. The number of ketones is 1. The first-order valence-corrected chi connectivity index (χ1v) is 32.6. The van der Waals surface area contributed by atoms with Crippen molar-refractivity contribution in [3.05, 3.63) is 109 Å². The summed E-state index contributed by atoms with van der Waals surface area (Å²) in [5, 5.41) is 65.7. The van der Waals surface area contributed by atoms with Crippen LogP contribution in [-0.2, 0) is 51.9 Å². The van der Waals surface area contributed by atoms with Gasteiger partial charge in [-0.2, -0.15) is 0 Å². The lowest BCUT2D eigenvalue weighted by molar-refractivity contribution is -0.328. The molecule has 13 atom stereocenters. The first-order chi connectivity index (χ1) is 41.8. The van der Waals surface area contributed by atoms with E-state index >= 15 is 4.79 Å². The standard InChI is InChI=1S/C72H76N2O12/c1-82-63-45-15-14-39-28-38-9-5-12-42(38)56-54(39)57(45)59-62(78)58(56)50(76)33-74-32-48-37(8-4-13-43(48)66(74)79)10-7-27-83-65-61(77)52-34-84-51(18-16-46(63)64(59)86-67(85-52)72(65,81)36-75)47-31-73-49-29-40-20-24-70-35-71(80)23-6-11-41(71)30-69(70)26-25-68(21-2-3-22-68)53(69)19-17-44(55(47)49)60(40)70/h4,8,13,16,18,28-29,31,38,41-42,51-53,61,65,67,73,75,77-78,80-81H,2-3,5-6,9-12,14-15,17,19-26,30,32-36H2,1H3/b18-16+/t38-,41-,42+,51+,52+,53-,61+,65-,67+,69-,70+,71-,72+/m0/s1. The molecule has 1 saturated heterocycles. The van der Waals surface area contributed by atoms with Crippen molar-refractivity contribution in [2.75, 3.05) is 26.9 Å². The van der Waals surface area contributed by atoms with Crippen molar-refractivity contribution < 1.29 is 58.8 Å². The lowest BCUT2D eigenvalue weighted by Crippen LogP contribution is -2.70. The molecule has 5 heterocycles. The molecule has 0 unspecified atom stereocenters. The fourth-order valence-corrected chi connectivity index (χ4v) is 22.1. The zero-order valence-electron chi connectivity index (χ0n) is 49.0. The van der Waals surface area contributed by atoms with Crippen LogP contribution < -0.4 is 9.47 Å². The van der Waals surface area contributed by atoms with Crippen molar-refractivity contribution >= 4 is 45.0 Å². The third kappa shape index (κ3) is 6.80. The number of hydrogen-bond donors (Lipinski definition) is 6. The van der Waals surface area contributed by atoms with E-state index in [1.54, 1.807) is 24.1 Å². The predicted octanol–water partition coefficient (Wildman–Crippen LogP) is 10.4. The Bertz CT molecular complexity index is 3970. The monoisotopic (exact) mass is 1160 g/mol. The average molecular weight is 1160 g/mol. The summed E-state index contributed by atoms with van der Waals surface area (Å²) in [7, 11) is 1.63. The summed E-state index contributed by atoms with van der Waals surface area (Å²) in [4.78, 5) is 35.4. The second kappa shape index (κ2) is 18.5. The number of allylic oxidation sites excluding steroid dienone is 2. The summed E-state index contributed by atoms with van der Waals surface area (Å²) in [6, 6.07) is 7.84. The number of aliphatic hydroxyl groups is 4. The van der Waals surface area contributed by atoms with E-state index in [2.05, 4.69) is 35.4 Å².